The number of benzene rings is 1. The summed E-state index contributed by atoms with van der Waals surface area (Å²) in [6, 6.07) is 8.64. The second kappa shape index (κ2) is 17.9. The number of aliphatic hydroxyl groups is 1. The molecule has 3 saturated heterocycles. The van der Waals surface area contributed by atoms with Gasteiger partial charge < -0.3 is 24.1 Å². The number of rotatable bonds is 17. The third-order valence-corrected chi connectivity index (χ3v) is 14.6. The first-order valence-electron chi connectivity index (χ1n) is 18.9. The van der Waals surface area contributed by atoms with Crippen LogP contribution in [-0.2, 0) is 33.6 Å². The third-order valence-electron chi connectivity index (χ3n) is 11.5. The van der Waals surface area contributed by atoms with E-state index < -0.39 is 21.4 Å². The van der Waals surface area contributed by atoms with E-state index in [0.29, 0.717) is 23.8 Å². The van der Waals surface area contributed by atoms with Crippen molar-refractivity contribution in [2.75, 3.05) is 16.8 Å². The van der Waals surface area contributed by atoms with E-state index in [2.05, 4.69) is 56.9 Å². The number of aliphatic hydroxyl groups excluding tert-OH is 1. The molecule has 11 atom stereocenters. The summed E-state index contributed by atoms with van der Waals surface area (Å²) in [6.45, 7) is 18.9. The van der Waals surface area contributed by atoms with Crippen molar-refractivity contribution in [3.05, 3.63) is 42.5 Å². The monoisotopic (exact) mass is 830 g/mol. The zero-order valence-corrected chi connectivity index (χ0v) is 34.4. The summed E-state index contributed by atoms with van der Waals surface area (Å²) in [5, 5.41) is 11.6. The van der Waals surface area contributed by atoms with Gasteiger partial charge in [0.2, 0.25) is 0 Å². The molecule has 1 aromatic rings. The van der Waals surface area contributed by atoms with E-state index in [1.807, 2.05) is 26.8 Å². The average molecular weight is 831 g/mol. The molecule has 4 rings (SSSR count). The van der Waals surface area contributed by atoms with Gasteiger partial charge in [0.15, 0.2) is 9.84 Å². The molecule has 0 radical (unpaired) electrons. The molecule has 0 spiro atoms. The predicted octanol–water partition coefficient (Wildman–Crippen LogP) is 8.13. The molecule has 1 aromatic carbocycles. The minimum atomic E-state index is -3.53. The summed E-state index contributed by atoms with van der Waals surface area (Å²) in [5.41, 5.74) is -0.0967. The van der Waals surface area contributed by atoms with Crippen LogP contribution in [0.3, 0.4) is 0 Å². The summed E-state index contributed by atoms with van der Waals surface area (Å²) in [6.07, 6.45) is 6.11. The first-order valence-corrected chi connectivity index (χ1v) is 22.0. The zero-order valence-electron chi connectivity index (χ0n) is 31.4. The van der Waals surface area contributed by atoms with Crippen molar-refractivity contribution in [2.45, 2.75) is 153 Å². The second-order valence-electron chi connectivity index (χ2n) is 16.5. The maximum atomic E-state index is 13.5. The average Bonchev–Trinajstić information content (AvgIpc) is 3.58. The van der Waals surface area contributed by atoms with Gasteiger partial charge in [-0.1, -0.05) is 81.5 Å². The normalized spacial score (nSPS) is 31.9. The Bertz CT molecular complexity index is 1360. The molecule has 50 heavy (non-hydrogen) atoms. The minimum Gasteiger partial charge on any atom is -0.465 e. The summed E-state index contributed by atoms with van der Waals surface area (Å²) in [5.74, 6) is 0.113. The fourth-order valence-electron chi connectivity index (χ4n) is 7.91. The summed E-state index contributed by atoms with van der Waals surface area (Å²) in [7, 11) is -3.53. The molecule has 3 aliphatic heterocycles. The smallest absolute Gasteiger partial charge is 0.311 e. The van der Waals surface area contributed by atoms with E-state index in [4.69, 9.17) is 18.9 Å². The van der Waals surface area contributed by atoms with Gasteiger partial charge in [0.05, 0.1) is 59.3 Å². The van der Waals surface area contributed by atoms with Gasteiger partial charge in [0.25, 0.3) is 0 Å². The molecular formula is C40H63IO8S. The minimum absolute atomic E-state index is 0.00476. The highest BCUT2D eigenvalue weighted by Crippen LogP contribution is 2.46. The molecule has 3 fully saturated rings. The largest absolute Gasteiger partial charge is 0.465 e. The van der Waals surface area contributed by atoms with Crippen LogP contribution in [0.4, 0.5) is 0 Å². The van der Waals surface area contributed by atoms with E-state index >= 15 is 0 Å². The van der Waals surface area contributed by atoms with Crippen LogP contribution in [0.25, 0.3) is 0 Å². The Morgan fingerprint density at radius 1 is 1.08 bits per heavy atom. The Kier molecular flexibility index (Phi) is 14.9. The standard InChI is InChI=1S/C40H63IO8S/c1-9-26(2)20-35-29(5)33(24-50(44,45)32-15-11-10-12-16-32)36(48-35)22-34(42)28(4)27(3)21-30-17-18-37-40(25-41,49-30)23-31(47-37)14-13-19-46-38(43)39(6,7)8/h10-12,15-16,26-27,29-31,33-37,42H,4,9,13-14,17-25H2,1-3,5-8H3/t26-,27-,29-,30-,31+,33-,34-,35-,36?,37+,40-/m1/s1. The lowest BCUT2D eigenvalue weighted by molar-refractivity contribution is -0.156. The van der Waals surface area contributed by atoms with Gasteiger partial charge >= 0.3 is 5.97 Å². The van der Waals surface area contributed by atoms with E-state index in [9.17, 15) is 18.3 Å². The maximum absolute atomic E-state index is 13.5. The number of alkyl halides is 1. The van der Waals surface area contributed by atoms with Crippen molar-refractivity contribution in [2.24, 2.45) is 29.1 Å². The second-order valence-corrected chi connectivity index (χ2v) is 19.3. The zero-order chi connectivity index (χ0) is 36.9. The van der Waals surface area contributed by atoms with Crippen molar-refractivity contribution in [3.8, 4) is 0 Å². The van der Waals surface area contributed by atoms with Gasteiger partial charge in [-0.2, -0.15) is 0 Å². The number of hydrogen-bond acceptors (Lipinski definition) is 8. The Balaban J connectivity index is 1.34. The molecule has 3 aliphatic rings. The number of sulfone groups is 1. The molecule has 10 heteroatoms. The quantitative estimate of drug-likeness (QED) is 0.0552. The lowest BCUT2D eigenvalue weighted by Gasteiger charge is -2.42. The van der Waals surface area contributed by atoms with Crippen LogP contribution in [0.5, 0.6) is 0 Å². The Morgan fingerprint density at radius 2 is 1.78 bits per heavy atom. The molecule has 1 N–H and O–H groups in total. The highest BCUT2D eigenvalue weighted by atomic mass is 127. The first kappa shape index (κ1) is 41.7. The lowest BCUT2D eigenvalue weighted by atomic mass is 9.82. The van der Waals surface area contributed by atoms with Crippen molar-refractivity contribution < 1.29 is 37.3 Å². The van der Waals surface area contributed by atoms with Gasteiger partial charge in [-0.25, -0.2) is 8.42 Å². The van der Waals surface area contributed by atoms with Crippen LogP contribution >= 0.6 is 22.6 Å². The molecular weight excluding hydrogens is 767 g/mol. The van der Waals surface area contributed by atoms with Crippen LogP contribution < -0.4 is 0 Å². The SMILES string of the molecule is C=C([C@H](C)C[C@H]1CC[C@@H]2O[C@@H](CCCOC(=O)C(C)(C)C)C[C@]2(CI)O1)[C@H](O)CC1O[C@H](C[C@H](C)CC)[C@H](C)[C@H]1CS(=O)(=O)c1ccccc1. The lowest BCUT2D eigenvalue weighted by Crippen LogP contribution is -2.50. The van der Waals surface area contributed by atoms with Crippen LogP contribution in [-0.4, -0.2) is 78.5 Å². The number of hydrogen-bond donors (Lipinski definition) is 1. The fraction of sp³-hybridized carbons (Fsp3) is 0.775. The molecule has 0 saturated carbocycles. The van der Waals surface area contributed by atoms with Crippen molar-refractivity contribution in [3.63, 3.8) is 0 Å². The van der Waals surface area contributed by atoms with Gasteiger partial charge in [0.1, 0.15) is 5.60 Å². The van der Waals surface area contributed by atoms with Gasteiger partial charge in [0, 0.05) is 23.2 Å². The van der Waals surface area contributed by atoms with Crippen molar-refractivity contribution in [1.82, 2.24) is 0 Å². The number of carbonyl (C=O) groups excluding carboxylic acids is 1. The van der Waals surface area contributed by atoms with Crippen LogP contribution in [0.15, 0.2) is 47.4 Å². The molecule has 3 heterocycles. The molecule has 0 aliphatic carbocycles. The number of carbonyl (C=O) groups is 1. The maximum Gasteiger partial charge on any atom is 0.311 e. The Labute approximate surface area is 315 Å². The molecule has 284 valence electrons. The molecule has 0 amide bonds. The third kappa shape index (κ3) is 10.5. The number of fused-ring (bicyclic) bond motifs is 1. The summed E-state index contributed by atoms with van der Waals surface area (Å²) >= 11 is 2.42. The first-order chi connectivity index (χ1) is 23.5. The van der Waals surface area contributed by atoms with Gasteiger partial charge in [-0.05, 0) is 94.8 Å². The summed E-state index contributed by atoms with van der Waals surface area (Å²) in [4.78, 5) is 12.5. The topological polar surface area (TPSA) is 108 Å². The van der Waals surface area contributed by atoms with Crippen molar-refractivity contribution in [1.29, 1.82) is 0 Å². The van der Waals surface area contributed by atoms with Crippen LogP contribution in [0, 0.1) is 29.1 Å². The van der Waals surface area contributed by atoms with Gasteiger partial charge in [-0.3, -0.25) is 4.79 Å². The highest BCUT2D eigenvalue weighted by molar-refractivity contribution is 14.1. The van der Waals surface area contributed by atoms with E-state index in [1.54, 1.807) is 24.3 Å². The molecule has 0 aromatic heterocycles. The van der Waals surface area contributed by atoms with Gasteiger partial charge in [-0.15, -0.1) is 0 Å². The van der Waals surface area contributed by atoms with Crippen LogP contribution in [0.2, 0.25) is 0 Å². The molecule has 8 nitrogen and oxygen atoms in total. The van der Waals surface area contributed by atoms with E-state index in [0.717, 1.165) is 61.4 Å². The van der Waals surface area contributed by atoms with E-state index in [-0.39, 0.29) is 65.6 Å². The highest BCUT2D eigenvalue weighted by Gasteiger charge is 2.52. The van der Waals surface area contributed by atoms with Crippen molar-refractivity contribution >= 4 is 38.4 Å². The summed E-state index contributed by atoms with van der Waals surface area (Å²) < 4.78 is 53.3. The predicted molar refractivity (Wildman–Crippen MR) is 206 cm³/mol. The number of halogens is 1. The number of ether oxygens (including phenoxy) is 4. The molecule has 0 bridgehead atoms. The Morgan fingerprint density at radius 3 is 2.42 bits per heavy atom. The molecule has 1 unspecified atom stereocenters. The fourth-order valence-corrected chi connectivity index (χ4v) is 10.7. The van der Waals surface area contributed by atoms with E-state index in [1.165, 1.54) is 0 Å². The number of esters is 1. The Hall–Kier alpha value is -1.05. The van der Waals surface area contributed by atoms with Crippen LogP contribution in [0.1, 0.15) is 106 Å².